The lowest BCUT2D eigenvalue weighted by molar-refractivity contribution is 0.527. The number of nitrogens with zero attached hydrogens (tertiary/aromatic N) is 3. The van der Waals surface area contributed by atoms with Gasteiger partial charge in [0.05, 0.1) is 18.4 Å². The number of rotatable bonds is 5. The van der Waals surface area contributed by atoms with Crippen molar-refractivity contribution in [2.75, 3.05) is 0 Å². The van der Waals surface area contributed by atoms with E-state index in [1.807, 2.05) is 40.4 Å². The normalized spacial score (nSPS) is 14.4. The molecule has 0 saturated heterocycles. The van der Waals surface area contributed by atoms with Gasteiger partial charge in [-0.05, 0) is 40.3 Å². The summed E-state index contributed by atoms with van der Waals surface area (Å²) < 4.78 is 1.90. The van der Waals surface area contributed by atoms with Gasteiger partial charge in [-0.1, -0.05) is 35.5 Å². The molecule has 0 bridgehead atoms. The van der Waals surface area contributed by atoms with Crippen LogP contribution in [0, 0.1) is 0 Å². The highest BCUT2D eigenvalue weighted by atomic mass is 32.1. The van der Waals surface area contributed by atoms with Crippen molar-refractivity contribution in [1.82, 2.24) is 20.3 Å². The summed E-state index contributed by atoms with van der Waals surface area (Å²) in [6, 6.07) is 10.9. The Morgan fingerprint density at radius 2 is 1.91 bits per heavy atom. The smallest absolute Gasteiger partial charge is 0.0965 e. The predicted molar refractivity (Wildman–Crippen MR) is 87.9 cm³/mol. The van der Waals surface area contributed by atoms with E-state index in [9.17, 15) is 0 Å². The van der Waals surface area contributed by atoms with Crippen LogP contribution in [-0.4, -0.2) is 21.0 Å². The van der Waals surface area contributed by atoms with Crippen LogP contribution in [0.4, 0.5) is 0 Å². The number of benzene rings is 1. The van der Waals surface area contributed by atoms with Crippen molar-refractivity contribution in [2.24, 2.45) is 0 Å². The first-order valence-electron chi connectivity index (χ1n) is 7.57. The monoisotopic (exact) mass is 310 g/mol. The first-order valence-corrected chi connectivity index (χ1v) is 8.51. The number of hydrogen-bond donors (Lipinski definition) is 1. The quantitative estimate of drug-likeness (QED) is 0.788. The van der Waals surface area contributed by atoms with Crippen LogP contribution in [0.2, 0.25) is 0 Å². The molecule has 1 N–H and O–H groups in total. The summed E-state index contributed by atoms with van der Waals surface area (Å²) in [5.74, 6) is 0. The molecule has 0 spiro atoms. The molecule has 5 heteroatoms. The molecule has 0 radical (unpaired) electrons. The van der Waals surface area contributed by atoms with E-state index in [4.69, 9.17) is 0 Å². The molecule has 112 valence electrons. The van der Waals surface area contributed by atoms with Crippen LogP contribution in [0.15, 0.2) is 47.3 Å². The molecule has 2 aromatic heterocycles. The van der Waals surface area contributed by atoms with Crippen LogP contribution < -0.4 is 5.32 Å². The largest absolute Gasteiger partial charge is 0.308 e. The van der Waals surface area contributed by atoms with Gasteiger partial charge in [-0.2, -0.15) is 11.3 Å². The minimum atomic E-state index is 0.540. The maximum Gasteiger partial charge on any atom is 0.0965 e. The second-order valence-corrected chi connectivity index (χ2v) is 6.54. The van der Waals surface area contributed by atoms with Crippen LogP contribution in [0.3, 0.4) is 0 Å². The summed E-state index contributed by atoms with van der Waals surface area (Å²) in [7, 11) is 0. The molecule has 1 aromatic carbocycles. The maximum absolute atomic E-state index is 4.26. The van der Waals surface area contributed by atoms with Crippen LogP contribution in [0.25, 0.3) is 0 Å². The summed E-state index contributed by atoms with van der Waals surface area (Å²) in [6.07, 6.45) is 4.30. The molecule has 0 unspecified atom stereocenters. The minimum Gasteiger partial charge on any atom is -0.308 e. The summed E-state index contributed by atoms with van der Waals surface area (Å²) in [5, 5.41) is 16.6. The molecule has 0 amide bonds. The van der Waals surface area contributed by atoms with Gasteiger partial charge in [0, 0.05) is 12.6 Å². The third-order valence-electron chi connectivity index (χ3n) is 4.11. The summed E-state index contributed by atoms with van der Waals surface area (Å²) >= 11 is 1.81. The Balaban J connectivity index is 1.32. The first-order chi connectivity index (χ1) is 10.9. The van der Waals surface area contributed by atoms with Crippen molar-refractivity contribution in [3.63, 3.8) is 0 Å². The van der Waals surface area contributed by atoms with Crippen LogP contribution >= 0.6 is 11.3 Å². The molecule has 4 nitrogen and oxygen atoms in total. The highest BCUT2D eigenvalue weighted by Crippen LogP contribution is 2.25. The fourth-order valence-corrected chi connectivity index (χ4v) is 3.86. The van der Waals surface area contributed by atoms with Crippen LogP contribution in [0.1, 0.15) is 22.4 Å². The number of hydrogen-bond acceptors (Lipinski definition) is 4. The predicted octanol–water partition coefficient (Wildman–Crippen LogP) is 2.64. The minimum absolute atomic E-state index is 0.540. The van der Waals surface area contributed by atoms with Gasteiger partial charge < -0.3 is 5.32 Å². The van der Waals surface area contributed by atoms with Gasteiger partial charge in [-0.3, -0.25) is 0 Å². The fourth-order valence-electron chi connectivity index (χ4n) is 2.97. The third kappa shape index (κ3) is 2.96. The van der Waals surface area contributed by atoms with E-state index >= 15 is 0 Å². The topological polar surface area (TPSA) is 42.7 Å². The molecule has 3 aromatic rings. The third-order valence-corrected chi connectivity index (χ3v) is 4.95. The van der Waals surface area contributed by atoms with Gasteiger partial charge in [-0.15, -0.1) is 5.10 Å². The zero-order chi connectivity index (χ0) is 14.8. The maximum atomic E-state index is 4.26. The number of fused-ring (bicyclic) bond motifs is 1. The average Bonchev–Trinajstić information content (AvgIpc) is 3.22. The van der Waals surface area contributed by atoms with Gasteiger partial charge in [0.25, 0.3) is 0 Å². The van der Waals surface area contributed by atoms with Crippen molar-refractivity contribution in [2.45, 2.75) is 32.0 Å². The van der Waals surface area contributed by atoms with E-state index in [-0.39, 0.29) is 0 Å². The molecule has 0 atom stereocenters. The molecular weight excluding hydrogens is 292 g/mol. The standard InChI is InChI=1S/C17H18N4S/c1-2-4-13(5-3-1)9-21-10-17(19-20-21)8-18-16-6-14-11-22-12-15(14)7-16/h1-5,10-12,16,18H,6-9H2. The molecule has 0 saturated carbocycles. The van der Waals surface area contributed by atoms with Crippen molar-refractivity contribution < 1.29 is 0 Å². The van der Waals surface area contributed by atoms with E-state index in [1.165, 1.54) is 16.7 Å². The van der Waals surface area contributed by atoms with Crippen molar-refractivity contribution in [1.29, 1.82) is 0 Å². The summed E-state index contributed by atoms with van der Waals surface area (Å²) in [5.41, 5.74) is 5.27. The Morgan fingerprint density at radius 1 is 1.14 bits per heavy atom. The number of thiophene rings is 1. The molecule has 1 aliphatic carbocycles. The van der Waals surface area contributed by atoms with E-state index in [0.717, 1.165) is 31.6 Å². The fraction of sp³-hybridized carbons (Fsp3) is 0.294. The highest BCUT2D eigenvalue weighted by Gasteiger charge is 2.21. The summed E-state index contributed by atoms with van der Waals surface area (Å²) in [4.78, 5) is 0. The molecule has 22 heavy (non-hydrogen) atoms. The van der Waals surface area contributed by atoms with Gasteiger partial charge in [0.1, 0.15) is 0 Å². The van der Waals surface area contributed by atoms with Crippen molar-refractivity contribution in [3.8, 4) is 0 Å². The molecule has 2 heterocycles. The zero-order valence-corrected chi connectivity index (χ0v) is 13.1. The van der Waals surface area contributed by atoms with Gasteiger partial charge >= 0.3 is 0 Å². The van der Waals surface area contributed by atoms with Crippen molar-refractivity contribution in [3.05, 3.63) is 69.7 Å². The Labute approximate surface area is 133 Å². The number of aromatic nitrogens is 3. The van der Waals surface area contributed by atoms with E-state index in [2.05, 4.69) is 38.5 Å². The van der Waals surface area contributed by atoms with Crippen LogP contribution in [0.5, 0.6) is 0 Å². The first kappa shape index (κ1) is 13.7. The van der Waals surface area contributed by atoms with Crippen LogP contribution in [-0.2, 0) is 25.9 Å². The lowest BCUT2D eigenvalue weighted by Gasteiger charge is -2.10. The Hall–Kier alpha value is -1.98. The number of nitrogens with one attached hydrogen (secondary N) is 1. The Bertz CT molecular complexity index is 726. The zero-order valence-electron chi connectivity index (χ0n) is 12.3. The average molecular weight is 310 g/mol. The lowest BCUT2D eigenvalue weighted by atomic mass is 10.2. The molecule has 0 aliphatic heterocycles. The molecule has 4 rings (SSSR count). The van der Waals surface area contributed by atoms with Crippen molar-refractivity contribution >= 4 is 11.3 Å². The van der Waals surface area contributed by atoms with E-state index in [0.29, 0.717) is 6.04 Å². The SMILES string of the molecule is c1ccc(Cn2cc(CNC3Cc4cscc4C3)nn2)cc1. The highest BCUT2D eigenvalue weighted by molar-refractivity contribution is 7.08. The molecule has 0 fully saturated rings. The lowest BCUT2D eigenvalue weighted by Crippen LogP contribution is -2.29. The van der Waals surface area contributed by atoms with E-state index < -0.39 is 0 Å². The van der Waals surface area contributed by atoms with Gasteiger partial charge in [0.2, 0.25) is 0 Å². The second kappa shape index (κ2) is 6.02. The summed E-state index contributed by atoms with van der Waals surface area (Å²) in [6.45, 7) is 1.56. The van der Waals surface area contributed by atoms with Gasteiger partial charge in [0.15, 0.2) is 0 Å². The van der Waals surface area contributed by atoms with E-state index in [1.54, 1.807) is 0 Å². The molecular formula is C17H18N4S. The van der Waals surface area contributed by atoms with Gasteiger partial charge in [-0.25, -0.2) is 4.68 Å². The Morgan fingerprint density at radius 3 is 2.68 bits per heavy atom. The Kier molecular flexibility index (Phi) is 3.74. The molecule has 1 aliphatic rings. The second-order valence-electron chi connectivity index (χ2n) is 5.80.